The van der Waals surface area contributed by atoms with Crippen LogP contribution in [0.1, 0.15) is 37.7 Å². The third-order valence-electron chi connectivity index (χ3n) is 5.15. The van der Waals surface area contributed by atoms with Crippen LogP contribution in [0.3, 0.4) is 0 Å². The maximum atomic E-state index is 4.43. The van der Waals surface area contributed by atoms with Crippen molar-refractivity contribution in [1.29, 1.82) is 0 Å². The van der Waals surface area contributed by atoms with Crippen LogP contribution >= 0.6 is 0 Å². The number of hydrogen-bond acceptors (Lipinski definition) is 4. The van der Waals surface area contributed by atoms with Crippen molar-refractivity contribution in [1.82, 2.24) is 10.6 Å². The molecule has 0 saturated carbocycles. The van der Waals surface area contributed by atoms with Gasteiger partial charge < -0.3 is 16.0 Å². The fourth-order valence-electron chi connectivity index (χ4n) is 3.81. The molecule has 3 heterocycles. The molecule has 0 radical (unpaired) electrons. The summed E-state index contributed by atoms with van der Waals surface area (Å²) in [6.07, 6.45) is 11.9. The van der Waals surface area contributed by atoms with Crippen LogP contribution in [0.15, 0.2) is 28.9 Å². The zero-order chi connectivity index (χ0) is 16.4. The summed E-state index contributed by atoms with van der Waals surface area (Å²) in [5.41, 5.74) is 3.98. The van der Waals surface area contributed by atoms with Gasteiger partial charge in [-0.1, -0.05) is 17.7 Å². The SMILES string of the molecule is CC1=CN=CC(c2cc(NC3CCNCC3)c3c(c2)=CCNC=3)C1. The Morgan fingerprint density at radius 2 is 2.08 bits per heavy atom. The molecule has 4 rings (SSSR count). The number of rotatable bonds is 3. The smallest absolute Gasteiger partial charge is 0.0439 e. The lowest BCUT2D eigenvalue weighted by Crippen LogP contribution is -2.40. The molecule has 3 N–H and O–H groups in total. The van der Waals surface area contributed by atoms with Crippen LogP contribution in [0.5, 0.6) is 0 Å². The number of piperidine rings is 1. The molecular formula is C20H26N4. The average molecular weight is 322 g/mol. The highest BCUT2D eigenvalue weighted by molar-refractivity contribution is 5.72. The Hall–Kier alpha value is -2.07. The van der Waals surface area contributed by atoms with Gasteiger partial charge in [0.1, 0.15) is 0 Å². The second kappa shape index (κ2) is 6.81. The Morgan fingerprint density at radius 3 is 2.92 bits per heavy atom. The molecule has 0 aliphatic carbocycles. The molecule has 4 nitrogen and oxygen atoms in total. The Balaban J connectivity index is 1.70. The zero-order valence-electron chi connectivity index (χ0n) is 14.3. The van der Waals surface area contributed by atoms with Gasteiger partial charge in [-0.2, -0.15) is 0 Å². The van der Waals surface area contributed by atoms with E-state index in [1.165, 1.54) is 40.1 Å². The summed E-state index contributed by atoms with van der Waals surface area (Å²) in [5, 5.41) is 13.2. The molecule has 24 heavy (non-hydrogen) atoms. The van der Waals surface area contributed by atoms with Crippen molar-refractivity contribution in [3.8, 4) is 0 Å². The molecular weight excluding hydrogens is 296 g/mol. The zero-order valence-corrected chi connectivity index (χ0v) is 14.3. The van der Waals surface area contributed by atoms with Gasteiger partial charge in [-0.15, -0.1) is 0 Å². The Kier molecular flexibility index (Phi) is 4.39. The summed E-state index contributed by atoms with van der Waals surface area (Å²) in [7, 11) is 0. The number of aliphatic imine (C=N–C) groups is 1. The van der Waals surface area contributed by atoms with Crippen LogP contribution in [-0.2, 0) is 0 Å². The van der Waals surface area contributed by atoms with Crippen LogP contribution in [0.4, 0.5) is 5.69 Å². The van der Waals surface area contributed by atoms with Crippen molar-refractivity contribution in [2.45, 2.75) is 38.1 Å². The lowest BCUT2D eigenvalue weighted by Gasteiger charge is -2.26. The van der Waals surface area contributed by atoms with E-state index in [0.29, 0.717) is 12.0 Å². The van der Waals surface area contributed by atoms with Gasteiger partial charge in [0.15, 0.2) is 0 Å². The van der Waals surface area contributed by atoms with Crippen LogP contribution in [0.2, 0.25) is 0 Å². The maximum absolute atomic E-state index is 4.43. The van der Waals surface area contributed by atoms with E-state index in [9.17, 15) is 0 Å². The summed E-state index contributed by atoms with van der Waals surface area (Å²) >= 11 is 0. The molecule has 0 bridgehead atoms. The average Bonchev–Trinajstić information content (AvgIpc) is 2.62. The van der Waals surface area contributed by atoms with E-state index < -0.39 is 0 Å². The minimum Gasteiger partial charge on any atom is -0.387 e. The lowest BCUT2D eigenvalue weighted by atomic mass is 9.90. The maximum Gasteiger partial charge on any atom is 0.0439 e. The number of allylic oxidation sites excluding steroid dienone is 1. The normalized spacial score (nSPS) is 23.4. The molecule has 3 aliphatic heterocycles. The standard InChI is InChI=1S/C20H26N4/c1-14-8-17(12-23-11-14)16-9-15-2-5-22-13-19(15)20(10-16)24-18-3-6-21-7-4-18/h2,9-13,17-18,21-22,24H,3-8H2,1H3. The summed E-state index contributed by atoms with van der Waals surface area (Å²) in [5.74, 6) is 0.386. The quantitative estimate of drug-likeness (QED) is 0.789. The van der Waals surface area contributed by atoms with E-state index in [-0.39, 0.29) is 0 Å². The molecule has 0 aromatic heterocycles. The summed E-state index contributed by atoms with van der Waals surface area (Å²) in [6, 6.07) is 5.24. The van der Waals surface area contributed by atoms with Gasteiger partial charge in [0, 0.05) is 48.0 Å². The van der Waals surface area contributed by atoms with E-state index >= 15 is 0 Å². The Bertz CT molecular complexity index is 785. The summed E-state index contributed by atoms with van der Waals surface area (Å²) < 4.78 is 0. The van der Waals surface area contributed by atoms with Crippen molar-refractivity contribution in [2.24, 2.45) is 4.99 Å². The molecule has 3 aliphatic rings. The number of benzene rings is 1. The van der Waals surface area contributed by atoms with Gasteiger partial charge in [0.05, 0.1) is 0 Å². The first-order valence-electron chi connectivity index (χ1n) is 9.03. The van der Waals surface area contributed by atoms with Crippen molar-refractivity contribution in [3.63, 3.8) is 0 Å². The van der Waals surface area contributed by atoms with E-state index in [4.69, 9.17) is 0 Å². The first-order chi connectivity index (χ1) is 11.8. The lowest BCUT2D eigenvalue weighted by molar-refractivity contribution is 0.479. The third-order valence-corrected chi connectivity index (χ3v) is 5.15. The highest BCUT2D eigenvalue weighted by atomic mass is 15.0. The number of nitrogens with one attached hydrogen (secondary N) is 3. The molecule has 4 heteroatoms. The van der Waals surface area contributed by atoms with Gasteiger partial charge in [0.2, 0.25) is 0 Å². The summed E-state index contributed by atoms with van der Waals surface area (Å²) in [6.45, 7) is 5.28. The topological polar surface area (TPSA) is 48.5 Å². The molecule has 0 spiro atoms. The first-order valence-corrected chi connectivity index (χ1v) is 9.03. The van der Waals surface area contributed by atoms with Crippen LogP contribution in [-0.4, -0.2) is 31.9 Å². The van der Waals surface area contributed by atoms with Crippen LogP contribution in [0.25, 0.3) is 12.3 Å². The number of fused-ring (bicyclic) bond motifs is 1. The molecule has 1 aromatic rings. The second-order valence-electron chi connectivity index (χ2n) is 7.08. The van der Waals surface area contributed by atoms with Gasteiger partial charge in [0.25, 0.3) is 0 Å². The van der Waals surface area contributed by atoms with Gasteiger partial charge in [-0.25, -0.2) is 0 Å². The predicted molar refractivity (Wildman–Crippen MR) is 102 cm³/mol. The minimum atomic E-state index is 0.386. The molecule has 1 atom stereocenters. The largest absolute Gasteiger partial charge is 0.387 e. The third kappa shape index (κ3) is 3.24. The molecule has 1 unspecified atom stereocenters. The highest BCUT2D eigenvalue weighted by Gasteiger charge is 2.17. The number of nitrogens with zero attached hydrogens (tertiary/aromatic N) is 1. The number of anilines is 1. The number of hydrogen-bond donors (Lipinski definition) is 3. The van der Waals surface area contributed by atoms with Crippen LogP contribution in [0, 0.1) is 0 Å². The van der Waals surface area contributed by atoms with Gasteiger partial charge in [-0.05, 0) is 56.1 Å². The van der Waals surface area contributed by atoms with Crippen molar-refractivity contribution in [3.05, 3.63) is 39.9 Å². The second-order valence-corrected chi connectivity index (χ2v) is 7.08. The van der Waals surface area contributed by atoms with Crippen molar-refractivity contribution in [2.75, 3.05) is 25.0 Å². The molecule has 1 aromatic carbocycles. The summed E-state index contributed by atoms with van der Waals surface area (Å²) in [4.78, 5) is 4.43. The van der Waals surface area contributed by atoms with Gasteiger partial charge >= 0.3 is 0 Å². The van der Waals surface area contributed by atoms with Crippen molar-refractivity contribution < 1.29 is 0 Å². The monoisotopic (exact) mass is 322 g/mol. The molecule has 0 amide bonds. The Labute approximate surface area is 143 Å². The highest BCUT2D eigenvalue weighted by Crippen LogP contribution is 2.25. The molecule has 126 valence electrons. The fourth-order valence-corrected chi connectivity index (χ4v) is 3.81. The van der Waals surface area contributed by atoms with E-state index in [0.717, 1.165) is 26.1 Å². The van der Waals surface area contributed by atoms with E-state index in [2.05, 4.69) is 58.5 Å². The van der Waals surface area contributed by atoms with Gasteiger partial charge in [-0.3, -0.25) is 4.99 Å². The fraction of sp³-hybridized carbons (Fsp3) is 0.450. The first kappa shape index (κ1) is 15.5. The molecule has 1 saturated heterocycles. The van der Waals surface area contributed by atoms with E-state index in [1.807, 2.05) is 6.20 Å². The van der Waals surface area contributed by atoms with Crippen molar-refractivity contribution >= 4 is 24.2 Å². The Morgan fingerprint density at radius 1 is 1.21 bits per heavy atom. The van der Waals surface area contributed by atoms with Crippen LogP contribution < -0.4 is 26.4 Å². The predicted octanol–water partition coefficient (Wildman–Crippen LogP) is 1.43. The minimum absolute atomic E-state index is 0.386. The van der Waals surface area contributed by atoms with E-state index in [1.54, 1.807) is 0 Å². The molecule has 1 fully saturated rings.